The van der Waals surface area contributed by atoms with E-state index in [1.165, 1.54) is 0 Å². The van der Waals surface area contributed by atoms with Gasteiger partial charge in [-0.05, 0) is 18.9 Å². The lowest BCUT2D eigenvalue weighted by Gasteiger charge is -2.29. The largest absolute Gasteiger partial charge is 0.375 e. The van der Waals surface area contributed by atoms with E-state index < -0.39 is 0 Å². The summed E-state index contributed by atoms with van der Waals surface area (Å²) in [5.41, 5.74) is 6.44. The normalized spacial score (nSPS) is 24.3. The molecule has 0 aliphatic carbocycles. The van der Waals surface area contributed by atoms with Crippen LogP contribution in [0.4, 0.5) is 5.82 Å². The van der Waals surface area contributed by atoms with Crippen molar-refractivity contribution in [3.63, 3.8) is 0 Å². The van der Waals surface area contributed by atoms with Crippen LogP contribution in [0.25, 0.3) is 11.0 Å². The van der Waals surface area contributed by atoms with E-state index in [2.05, 4.69) is 20.3 Å². The zero-order valence-corrected chi connectivity index (χ0v) is 10.1. The van der Waals surface area contributed by atoms with Crippen LogP contribution in [0.5, 0.6) is 0 Å². The van der Waals surface area contributed by atoms with Crippen molar-refractivity contribution >= 4 is 16.9 Å². The van der Waals surface area contributed by atoms with E-state index in [0.717, 1.165) is 29.7 Å². The Bertz CT molecular complexity index is 518. The van der Waals surface area contributed by atoms with Gasteiger partial charge in [0.1, 0.15) is 17.8 Å². The van der Waals surface area contributed by atoms with E-state index in [-0.39, 0.29) is 6.10 Å². The molecule has 4 N–H and O–H groups in total. The Morgan fingerprint density at radius 3 is 3.17 bits per heavy atom. The van der Waals surface area contributed by atoms with Crippen molar-refractivity contribution in [3.8, 4) is 0 Å². The van der Waals surface area contributed by atoms with Crippen molar-refractivity contribution in [2.45, 2.75) is 25.0 Å². The number of ether oxygens (including phenoxy) is 1. The molecule has 3 rings (SSSR count). The van der Waals surface area contributed by atoms with Crippen molar-refractivity contribution in [1.82, 2.24) is 15.0 Å². The summed E-state index contributed by atoms with van der Waals surface area (Å²) in [6.07, 6.45) is 5.69. The topological polar surface area (TPSA) is 88.9 Å². The molecule has 96 valence electrons. The van der Waals surface area contributed by atoms with Crippen LogP contribution >= 0.6 is 0 Å². The molecule has 2 aromatic heterocycles. The van der Waals surface area contributed by atoms with Crippen LogP contribution in [0.2, 0.25) is 0 Å². The Hall–Kier alpha value is -1.66. The van der Waals surface area contributed by atoms with Crippen LogP contribution in [0.1, 0.15) is 12.8 Å². The maximum absolute atomic E-state index is 5.67. The van der Waals surface area contributed by atoms with Crippen LogP contribution in [-0.4, -0.2) is 40.2 Å². The Kier molecular flexibility index (Phi) is 3.12. The smallest absolute Gasteiger partial charge is 0.142 e. The molecule has 1 fully saturated rings. The Balaban J connectivity index is 1.71. The first-order valence-electron chi connectivity index (χ1n) is 6.23. The molecule has 0 spiro atoms. The number of aromatic amines is 1. The molecule has 0 radical (unpaired) electrons. The number of nitrogens with two attached hydrogens (primary N) is 1. The Morgan fingerprint density at radius 1 is 1.44 bits per heavy atom. The lowest BCUT2D eigenvalue weighted by atomic mass is 10.1. The number of H-pyrrole nitrogens is 1. The molecular weight excluding hydrogens is 230 g/mol. The van der Waals surface area contributed by atoms with Gasteiger partial charge in [0.25, 0.3) is 0 Å². The summed E-state index contributed by atoms with van der Waals surface area (Å²) in [5, 5.41) is 4.43. The van der Waals surface area contributed by atoms with E-state index in [1.54, 1.807) is 6.33 Å². The lowest BCUT2D eigenvalue weighted by Crippen LogP contribution is -2.38. The molecule has 2 aromatic rings. The van der Waals surface area contributed by atoms with E-state index in [0.29, 0.717) is 19.2 Å². The van der Waals surface area contributed by atoms with Gasteiger partial charge in [-0.25, -0.2) is 9.97 Å². The summed E-state index contributed by atoms with van der Waals surface area (Å²) >= 11 is 0. The first-order chi connectivity index (χ1) is 8.86. The van der Waals surface area contributed by atoms with Crippen LogP contribution in [0.3, 0.4) is 0 Å². The van der Waals surface area contributed by atoms with E-state index >= 15 is 0 Å². The SMILES string of the molecule is NC[C@@H]1CC[C@@H](Nc2ncnc3[nH]ccc23)CO1. The number of hydrogen-bond acceptors (Lipinski definition) is 5. The third kappa shape index (κ3) is 2.16. The fraction of sp³-hybridized carbons (Fsp3) is 0.500. The molecular formula is C12H17N5O. The van der Waals surface area contributed by atoms with E-state index in [1.807, 2.05) is 12.3 Å². The fourth-order valence-corrected chi connectivity index (χ4v) is 2.29. The summed E-state index contributed by atoms with van der Waals surface area (Å²) in [6.45, 7) is 1.28. The molecule has 3 heterocycles. The minimum Gasteiger partial charge on any atom is -0.375 e. The molecule has 1 aliphatic heterocycles. The maximum atomic E-state index is 5.67. The number of aromatic nitrogens is 3. The van der Waals surface area contributed by atoms with Crippen molar-refractivity contribution in [2.75, 3.05) is 18.5 Å². The molecule has 0 aromatic carbocycles. The number of fused-ring (bicyclic) bond motifs is 1. The van der Waals surface area contributed by atoms with Gasteiger partial charge in [-0.1, -0.05) is 0 Å². The van der Waals surface area contributed by atoms with Gasteiger partial charge in [-0.2, -0.15) is 0 Å². The average Bonchev–Trinajstić information content (AvgIpc) is 2.89. The molecule has 0 saturated carbocycles. The molecule has 18 heavy (non-hydrogen) atoms. The lowest BCUT2D eigenvalue weighted by molar-refractivity contribution is 0.0153. The Morgan fingerprint density at radius 2 is 2.39 bits per heavy atom. The fourth-order valence-electron chi connectivity index (χ4n) is 2.29. The van der Waals surface area contributed by atoms with Crippen molar-refractivity contribution in [3.05, 3.63) is 18.6 Å². The standard InChI is InChI=1S/C12H17N5O/c13-5-9-2-1-8(6-18-9)17-12-10-3-4-14-11(10)15-7-16-12/h3-4,7-9H,1-2,5-6,13H2,(H2,14,15,16,17)/t8-,9+/m1/s1. The van der Waals surface area contributed by atoms with E-state index in [9.17, 15) is 0 Å². The third-order valence-corrected chi connectivity index (χ3v) is 3.33. The summed E-state index contributed by atoms with van der Waals surface area (Å²) < 4.78 is 5.67. The number of hydrogen-bond donors (Lipinski definition) is 3. The van der Waals surface area contributed by atoms with Gasteiger partial charge < -0.3 is 20.8 Å². The molecule has 2 atom stereocenters. The number of anilines is 1. The first-order valence-corrected chi connectivity index (χ1v) is 6.23. The highest BCUT2D eigenvalue weighted by molar-refractivity contribution is 5.86. The predicted molar refractivity (Wildman–Crippen MR) is 69.3 cm³/mol. The summed E-state index contributed by atoms with van der Waals surface area (Å²) in [5.74, 6) is 0.862. The van der Waals surface area contributed by atoms with Gasteiger partial charge in [0.2, 0.25) is 0 Å². The minimum absolute atomic E-state index is 0.209. The first kappa shape index (κ1) is 11.4. The molecule has 0 unspecified atom stereocenters. The van der Waals surface area contributed by atoms with Crippen LogP contribution in [0.15, 0.2) is 18.6 Å². The van der Waals surface area contributed by atoms with Crippen LogP contribution in [0, 0.1) is 0 Å². The number of rotatable bonds is 3. The van der Waals surface area contributed by atoms with Crippen molar-refractivity contribution in [1.29, 1.82) is 0 Å². The molecule has 1 aliphatic rings. The average molecular weight is 247 g/mol. The number of nitrogens with zero attached hydrogens (tertiary/aromatic N) is 2. The van der Waals surface area contributed by atoms with Gasteiger partial charge in [-0.3, -0.25) is 0 Å². The minimum atomic E-state index is 0.209. The van der Waals surface area contributed by atoms with Crippen molar-refractivity contribution in [2.24, 2.45) is 5.73 Å². The zero-order valence-electron chi connectivity index (χ0n) is 10.1. The van der Waals surface area contributed by atoms with Gasteiger partial charge in [0, 0.05) is 12.7 Å². The van der Waals surface area contributed by atoms with Gasteiger partial charge in [0.15, 0.2) is 0 Å². The highest BCUT2D eigenvalue weighted by Gasteiger charge is 2.21. The predicted octanol–water partition coefficient (Wildman–Crippen LogP) is 0.876. The Labute approximate surface area is 105 Å². The molecule has 0 bridgehead atoms. The monoisotopic (exact) mass is 247 g/mol. The summed E-state index contributed by atoms with van der Waals surface area (Å²) in [4.78, 5) is 11.5. The van der Waals surface area contributed by atoms with Crippen molar-refractivity contribution < 1.29 is 4.74 Å². The van der Waals surface area contributed by atoms with Gasteiger partial charge >= 0.3 is 0 Å². The summed E-state index contributed by atoms with van der Waals surface area (Å²) in [7, 11) is 0. The summed E-state index contributed by atoms with van der Waals surface area (Å²) in [6, 6.07) is 2.27. The molecule has 0 amide bonds. The molecule has 6 heteroatoms. The van der Waals surface area contributed by atoms with Gasteiger partial charge in [0.05, 0.1) is 24.1 Å². The van der Waals surface area contributed by atoms with Crippen LogP contribution in [-0.2, 0) is 4.74 Å². The zero-order chi connectivity index (χ0) is 12.4. The van der Waals surface area contributed by atoms with Crippen LogP contribution < -0.4 is 11.1 Å². The number of nitrogens with one attached hydrogen (secondary N) is 2. The molecule has 1 saturated heterocycles. The highest BCUT2D eigenvalue weighted by Crippen LogP contribution is 2.21. The molecule has 6 nitrogen and oxygen atoms in total. The second-order valence-corrected chi connectivity index (χ2v) is 4.57. The maximum Gasteiger partial charge on any atom is 0.142 e. The quantitative estimate of drug-likeness (QED) is 0.749. The van der Waals surface area contributed by atoms with E-state index in [4.69, 9.17) is 10.5 Å². The third-order valence-electron chi connectivity index (χ3n) is 3.33. The highest BCUT2D eigenvalue weighted by atomic mass is 16.5. The second-order valence-electron chi connectivity index (χ2n) is 4.57. The van der Waals surface area contributed by atoms with Gasteiger partial charge in [-0.15, -0.1) is 0 Å². The second kappa shape index (κ2) is 4.91.